The van der Waals surface area contributed by atoms with Gasteiger partial charge in [0.25, 0.3) is 0 Å². The summed E-state index contributed by atoms with van der Waals surface area (Å²) < 4.78 is 15.4. The number of rotatable bonds is 8. The second kappa shape index (κ2) is 9.32. The number of hydrogen-bond donors (Lipinski definition) is 1. The lowest BCUT2D eigenvalue weighted by molar-refractivity contribution is -0.121. The Hall–Kier alpha value is -3.02. The zero-order valence-electron chi connectivity index (χ0n) is 14.3. The van der Waals surface area contributed by atoms with Crippen LogP contribution in [0.3, 0.4) is 0 Å². The van der Waals surface area contributed by atoms with E-state index in [0.29, 0.717) is 24.5 Å². The monoisotopic (exact) mass is 343 g/mol. The van der Waals surface area contributed by atoms with E-state index in [1.807, 2.05) is 30.3 Å². The number of methoxy groups -OCH3 is 2. The van der Waals surface area contributed by atoms with Gasteiger partial charge < -0.3 is 19.5 Å². The highest BCUT2D eigenvalue weighted by Gasteiger charge is 2.13. The van der Waals surface area contributed by atoms with Gasteiger partial charge in [-0.3, -0.25) is 4.79 Å². The SMILES string of the molecule is COC(=O)c1cc(CNC(=O)CCOc2ccccc2)ccc1OC. The first-order chi connectivity index (χ1) is 12.1. The molecule has 0 heterocycles. The average molecular weight is 343 g/mol. The molecule has 0 unspecified atom stereocenters. The third kappa shape index (κ3) is 5.53. The van der Waals surface area contributed by atoms with Gasteiger partial charge in [0.15, 0.2) is 0 Å². The molecule has 25 heavy (non-hydrogen) atoms. The number of benzene rings is 2. The molecule has 0 atom stereocenters. The molecule has 0 saturated heterocycles. The smallest absolute Gasteiger partial charge is 0.341 e. The molecule has 0 fully saturated rings. The molecule has 0 bridgehead atoms. The number of nitrogens with one attached hydrogen (secondary N) is 1. The highest BCUT2D eigenvalue weighted by Crippen LogP contribution is 2.20. The maximum Gasteiger partial charge on any atom is 0.341 e. The van der Waals surface area contributed by atoms with Crippen molar-refractivity contribution in [2.45, 2.75) is 13.0 Å². The molecule has 2 rings (SSSR count). The van der Waals surface area contributed by atoms with Crippen LogP contribution < -0.4 is 14.8 Å². The van der Waals surface area contributed by atoms with E-state index in [1.165, 1.54) is 14.2 Å². The largest absolute Gasteiger partial charge is 0.496 e. The van der Waals surface area contributed by atoms with Gasteiger partial charge in [0, 0.05) is 6.54 Å². The minimum absolute atomic E-state index is 0.133. The summed E-state index contributed by atoms with van der Waals surface area (Å²) in [6.07, 6.45) is 0.245. The average Bonchev–Trinajstić information content (AvgIpc) is 2.66. The Morgan fingerprint density at radius 2 is 1.80 bits per heavy atom. The van der Waals surface area contributed by atoms with Crippen LogP contribution in [0.15, 0.2) is 48.5 Å². The third-order valence-electron chi connectivity index (χ3n) is 3.50. The van der Waals surface area contributed by atoms with Gasteiger partial charge >= 0.3 is 5.97 Å². The van der Waals surface area contributed by atoms with E-state index in [4.69, 9.17) is 14.2 Å². The van der Waals surface area contributed by atoms with E-state index in [2.05, 4.69) is 5.32 Å². The lowest BCUT2D eigenvalue weighted by Crippen LogP contribution is -2.24. The molecule has 2 aromatic carbocycles. The second-order valence-electron chi connectivity index (χ2n) is 5.21. The molecule has 0 radical (unpaired) electrons. The Balaban J connectivity index is 1.84. The van der Waals surface area contributed by atoms with E-state index in [-0.39, 0.29) is 12.3 Å². The highest BCUT2D eigenvalue weighted by molar-refractivity contribution is 5.92. The van der Waals surface area contributed by atoms with E-state index in [1.54, 1.807) is 18.2 Å². The molecule has 0 spiro atoms. The molecule has 0 aromatic heterocycles. The van der Waals surface area contributed by atoms with Crippen molar-refractivity contribution in [3.63, 3.8) is 0 Å². The summed E-state index contributed by atoms with van der Waals surface area (Å²) in [7, 11) is 2.79. The van der Waals surface area contributed by atoms with Crippen molar-refractivity contribution in [2.75, 3.05) is 20.8 Å². The van der Waals surface area contributed by atoms with Crippen LogP contribution in [0.1, 0.15) is 22.3 Å². The minimum atomic E-state index is -0.485. The van der Waals surface area contributed by atoms with Gasteiger partial charge in [0.2, 0.25) is 5.91 Å². The van der Waals surface area contributed by atoms with E-state index in [9.17, 15) is 9.59 Å². The first-order valence-corrected chi connectivity index (χ1v) is 7.84. The molecule has 6 nitrogen and oxygen atoms in total. The summed E-state index contributed by atoms with van der Waals surface area (Å²) >= 11 is 0. The number of ether oxygens (including phenoxy) is 3. The van der Waals surface area contributed by atoms with Gasteiger partial charge in [-0.25, -0.2) is 4.79 Å². The topological polar surface area (TPSA) is 73.9 Å². The number of para-hydroxylation sites is 1. The number of hydrogen-bond acceptors (Lipinski definition) is 5. The van der Waals surface area contributed by atoms with Crippen LogP contribution in [-0.4, -0.2) is 32.7 Å². The Morgan fingerprint density at radius 1 is 1.04 bits per heavy atom. The third-order valence-corrected chi connectivity index (χ3v) is 3.50. The van der Waals surface area contributed by atoms with Crippen molar-refractivity contribution in [1.82, 2.24) is 5.32 Å². The summed E-state index contributed by atoms with van der Waals surface area (Å²) in [4.78, 5) is 23.7. The molecule has 132 valence electrons. The first kappa shape index (κ1) is 18.3. The summed E-state index contributed by atoms with van der Waals surface area (Å²) in [5, 5.41) is 2.79. The van der Waals surface area contributed by atoms with Gasteiger partial charge in [0.05, 0.1) is 27.2 Å². The van der Waals surface area contributed by atoms with Crippen molar-refractivity contribution in [2.24, 2.45) is 0 Å². The molecular formula is C19H21NO5. The maximum atomic E-state index is 11.9. The van der Waals surface area contributed by atoms with Gasteiger partial charge in [0.1, 0.15) is 17.1 Å². The molecular weight excluding hydrogens is 322 g/mol. The van der Waals surface area contributed by atoms with Crippen molar-refractivity contribution < 1.29 is 23.8 Å². The van der Waals surface area contributed by atoms with Crippen LogP contribution in [0.5, 0.6) is 11.5 Å². The van der Waals surface area contributed by atoms with Crippen LogP contribution in [0.25, 0.3) is 0 Å². The van der Waals surface area contributed by atoms with E-state index in [0.717, 1.165) is 11.3 Å². The predicted octanol–water partition coefficient (Wildman–Crippen LogP) is 2.57. The normalized spacial score (nSPS) is 10.0. The van der Waals surface area contributed by atoms with Crippen molar-refractivity contribution in [3.8, 4) is 11.5 Å². The number of carbonyl (C=O) groups is 2. The summed E-state index contributed by atoms with van der Waals surface area (Å²) in [6.45, 7) is 0.601. The molecule has 1 N–H and O–H groups in total. The molecule has 0 aliphatic carbocycles. The Kier molecular flexibility index (Phi) is 6.83. The van der Waals surface area contributed by atoms with E-state index >= 15 is 0 Å². The van der Waals surface area contributed by atoms with Gasteiger partial charge in [-0.05, 0) is 29.8 Å². The first-order valence-electron chi connectivity index (χ1n) is 7.84. The van der Waals surface area contributed by atoms with E-state index < -0.39 is 5.97 Å². The molecule has 0 aliphatic rings. The summed E-state index contributed by atoms with van der Waals surface area (Å²) in [6, 6.07) is 14.4. The number of carbonyl (C=O) groups excluding carboxylic acids is 2. The van der Waals surface area contributed by atoms with Crippen LogP contribution in [-0.2, 0) is 16.1 Å². The molecule has 1 amide bonds. The van der Waals surface area contributed by atoms with Crippen molar-refractivity contribution >= 4 is 11.9 Å². The Morgan fingerprint density at radius 3 is 2.48 bits per heavy atom. The van der Waals surface area contributed by atoms with Crippen molar-refractivity contribution in [3.05, 3.63) is 59.7 Å². The number of amides is 1. The fraction of sp³-hybridized carbons (Fsp3) is 0.263. The molecule has 0 aliphatic heterocycles. The summed E-state index contributed by atoms with van der Waals surface area (Å²) in [5.41, 5.74) is 1.10. The fourth-order valence-corrected chi connectivity index (χ4v) is 2.20. The van der Waals surface area contributed by atoms with Gasteiger partial charge in [-0.15, -0.1) is 0 Å². The zero-order chi connectivity index (χ0) is 18.1. The van der Waals surface area contributed by atoms with Crippen LogP contribution >= 0.6 is 0 Å². The Bertz CT molecular complexity index is 715. The van der Waals surface area contributed by atoms with Crippen LogP contribution in [0, 0.1) is 0 Å². The van der Waals surface area contributed by atoms with Crippen molar-refractivity contribution in [1.29, 1.82) is 0 Å². The lowest BCUT2D eigenvalue weighted by atomic mass is 10.1. The number of esters is 1. The standard InChI is InChI=1S/C19H21NO5/c1-23-17-9-8-14(12-16(17)19(22)24-2)13-20-18(21)10-11-25-15-6-4-3-5-7-15/h3-9,12H,10-11,13H2,1-2H3,(H,20,21). The molecule has 6 heteroatoms. The molecule has 0 saturated carbocycles. The Labute approximate surface area is 146 Å². The quantitative estimate of drug-likeness (QED) is 0.746. The second-order valence-corrected chi connectivity index (χ2v) is 5.21. The highest BCUT2D eigenvalue weighted by atomic mass is 16.5. The fourth-order valence-electron chi connectivity index (χ4n) is 2.20. The minimum Gasteiger partial charge on any atom is -0.496 e. The van der Waals surface area contributed by atoms with Gasteiger partial charge in [-0.1, -0.05) is 24.3 Å². The summed E-state index contributed by atoms with van der Waals surface area (Å²) in [5.74, 6) is 0.541. The lowest BCUT2D eigenvalue weighted by Gasteiger charge is -2.10. The van der Waals surface area contributed by atoms with Crippen LogP contribution in [0.4, 0.5) is 0 Å². The van der Waals surface area contributed by atoms with Gasteiger partial charge in [-0.2, -0.15) is 0 Å². The maximum absolute atomic E-state index is 11.9. The zero-order valence-corrected chi connectivity index (χ0v) is 14.3. The predicted molar refractivity (Wildman–Crippen MR) is 92.7 cm³/mol. The molecule has 2 aromatic rings. The van der Waals surface area contributed by atoms with Crippen LogP contribution in [0.2, 0.25) is 0 Å².